The number of rotatable bonds is 4. The van der Waals surface area contributed by atoms with E-state index in [4.69, 9.17) is 9.26 Å². The van der Waals surface area contributed by atoms with Crippen molar-refractivity contribution in [2.75, 3.05) is 0 Å². The van der Waals surface area contributed by atoms with Crippen molar-refractivity contribution in [1.82, 2.24) is 19.9 Å². The first-order valence-corrected chi connectivity index (χ1v) is 4.71. The highest BCUT2D eigenvalue weighted by Gasteiger charge is 2.05. The first kappa shape index (κ1) is 9.70. The van der Waals surface area contributed by atoms with Gasteiger partial charge in [-0.2, -0.15) is 10.1 Å². The first-order valence-electron chi connectivity index (χ1n) is 4.71. The minimum Gasteiger partial charge on any atom is -0.482 e. The van der Waals surface area contributed by atoms with Gasteiger partial charge in [0.25, 0.3) is 0 Å². The van der Waals surface area contributed by atoms with Gasteiger partial charge in [-0.3, -0.25) is 4.68 Å². The molecule has 0 radical (unpaired) electrons. The Labute approximate surface area is 86.9 Å². The summed E-state index contributed by atoms with van der Waals surface area (Å²) in [6.07, 6.45) is 4.15. The van der Waals surface area contributed by atoms with Crippen LogP contribution in [0.15, 0.2) is 16.9 Å². The van der Waals surface area contributed by atoms with Gasteiger partial charge >= 0.3 is 0 Å². The third kappa shape index (κ3) is 2.34. The van der Waals surface area contributed by atoms with E-state index in [9.17, 15) is 0 Å². The van der Waals surface area contributed by atoms with Crippen molar-refractivity contribution in [2.45, 2.75) is 20.0 Å². The summed E-state index contributed by atoms with van der Waals surface area (Å²) in [5.41, 5.74) is 0. The van der Waals surface area contributed by atoms with Gasteiger partial charge in [-0.15, -0.1) is 0 Å². The van der Waals surface area contributed by atoms with Gasteiger partial charge in [-0.05, 0) is 0 Å². The van der Waals surface area contributed by atoms with E-state index in [0.717, 1.165) is 6.42 Å². The van der Waals surface area contributed by atoms with Crippen LogP contribution in [0.4, 0.5) is 0 Å². The Morgan fingerprint density at radius 1 is 1.53 bits per heavy atom. The Morgan fingerprint density at radius 2 is 2.40 bits per heavy atom. The Kier molecular flexibility index (Phi) is 2.66. The summed E-state index contributed by atoms with van der Waals surface area (Å²) in [5, 5.41) is 7.75. The topological polar surface area (TPSA) is 66.0 Å². The Morgan fingerprint density at radius 3 is 3.00 bits per heavy atom. The lowest BCUT2D eigenvalue weighted by molar-refractivity contribution is 0.285. The molecule has 0 fully saturated rings. The molecule has 80 valence electrons. The number of hydrogen-bond acceptors (Lipinski definition) is 5. The van der Waals surface area contributed by atoms with Gasteiger partial charge < -0.3 is 9.26 Å². The average molecular weight is 208 g/mol. The van der Waals surface area contributed by atoms with E-state index >= 15 is 0 Å². The zero-order valence-corrected chi connectivity index (χ0v) is 8.67. The smallest absolute Gasteiger partial charge is 0.226 e. The lowest BCUT2D eigenvalue weighted by Gasteiger charge is -1.96. The third-order valence-corrected chi connectivity index (χ3v) is 1.86. The predicted octanol–water partition coefficient (Wildman–Crippen LogP) is 0.944. The van der Waals surface area contributed by atoms with Crippen LogP contribution in [0.1, 0.15) is 18.6 Å². The van der Waals surface area contributed by atoms with Crippen LogP contribution in [-0.4, -0.2) is 19.9 Å². The number of ether oxygens (including phenoxy) is 1. The molecule has 6 heteroatoms. The molecule has 2 aromatic heterocycles. The zero-order chi connectivity index (χ0) is 10.7. The standard InChI is InChI=1S/C9H12N4O2/c1-3-9-11-8(12-15-9)6-14-7-4-10-13(2)5-7/h4-5H,3,6H2,1-2H3. The molecule has 0 N–H and O–H groups in total. The fraction of sp³-hybridized carbons (Fsp3) is 0.444. The molecule has 0 aromatic carbocycles. The van der Waals surface area contributed by atoms with E-state index < -0.39 is 0 Å². The van der Waals surface area contributed by atoms with E-state index in [-0.39, 0.29) is 0 Å². The van der Waals surface area contributed by atoms with Gasteiger partial charge in [0.15, 0.2) is 12.4 Å². The Bertz CT molecular complexity index is 435. The third-order valence-electron chi connectivity index (χ3n) is 1.86. The molecule has 0 unspecified atom stereocenters. The summed E-state index contributed by atoms with van der Waals surface area (Å²) in [7, 11) is 1.83. The van der Waals surface area contributed by atoms with Crippen LogP contribution in [0.2, 0.25) is 0 Å². The Hall–Kier alpha value is -1.85. The normalized spacial score (nSPS) is 10.5. The highest BCUT2D eigenvalue weighted by molar-refractivity contribution is 5.11. The van der Waals surface area contributed by atoms with Gasteiger partial charge in [0.05, 0.1) is 12.4 Å². The summed E-state index contributed by atoms with van der Waals surface area (Å²) in [6, 6.07) is 0. The monoisotopic (exact) mass is 208 g/mol. The molecule has 0 amide bonds. The molecule has 0 atom stereocenters. The van der Waals surface area contributed by atoms with E-state index in [1.165, 1.54) is 0 Å². The molecular weight excluding hydrogens is 196 g/mol. The maximum atomic E-state index is 5.40. The molecule has 0 saturated carbocycles. The van der Waals surface area contributed by atoms with Crippen LogP contribution in [0, 0.1) is 0 Å². The molecule has 0 aliphatic carbocycles. The fourth-order valence-corrected chi connectivity index (χ4v) is 1.11. The maximum Gasteiger partial charge on any atom is 0.226 e. The second kappa shape index (κ2) is 4.12. The molecule has 2 heterocycles. The number of hydrogen-bond donors (Lipinski definition) is 0. The van der Waals surface area contributed by atoms with Crippen molar-refractivity contribution >= 4 is 0 Å². The van der Waals surface area contributed by atoms with E-state index in [1.807, 2.05) is 14.0 Å². The van der Waals surface area contributed by atoms with Crippen molar-refractivity contribution in [3.8, 4) is 5.75 Å². The summed E-state index contributed by atoms with van der Waals surface area (Å²) < 4.78 is 12.0. The van der Waals surface area contributed by atoms with Crippen LogP contribution in [0.25, 0.3) is 0 Å². The van der Waals surface area contributed by atoms with Crippen molar-refractivity contribution in [3.63, 3.8) is 0 Å². The summed E-state index contributed by atoms with van der Waals surface area (Å²) in [5.74, 6) is 1.87. The maximum absolute atomic E-state index is 5.40. The van der Waals surface area contributed by atoms with Crippen molar-refractivity contribution < 1.29 is 9.26 Å². The molecule has 15 heavy (non-hydrogen) atoms. The molecule has 6 nitrogen and oxygen atoms in total. The number of aromatic nitrogens is 4. The first-order chi connectivity index (χ1) is 7.28. The highest BCUT2D eigenvalue weighted by atomic mass is 16.5. The largest absolute Gasteiger partial charge is 0.482 e. The number of nitrogens with zero attached hydrogens (tertiary/aromatic N) is 4. The quantitative estimate of drug-likeness (QED) is 0.748. The predicted molar refractivity (Wildman–Crippen MR) is 51.2 cm³/mol. The van der Waals surface area contributed by atoms with Crippen LogP contribution in [0.5, 0.6) is 5.75 Å². The van der Waals surface area contributed by atoms with Crippen molar-refractivity contribution in [2.24, 2.45) is 7.05 Å². The van der Waals surface area contributed by atoms with Crippen molar-refractivity contribution in [1.29, 1.82) is 0 Å². The van der Waals surface area contributed by atoms with E-state index in [0.29, 0.717) is 24.1 Å². The minimum absolute atomic E-state index is 0.301. The lowest BCUT2D eigenvalue weighted by Crippen LogP contribution is -1.97. The van der Waals surface area contributed by atoms with Gasteiger partial charge in [0.1, 0.15) is 0 Å². The Balaban J connectivity index is 1.93. The van der Waals surface area contributed by atoms with Crippen LogP contribution >= 0.6 is 0 Å². The molecule has 0 spiro atoms. The van der Waals surface area contributed by atoms with Gasteiger partial charge in [-0.1, -0.05) is 12.1 Å². The van der Waals surface area contributed by atoms with Crippen LogP contribution in [0.3, 0.4) is 0 Å². The second-order valence-corrected chi connectivity index (χ2v) is 3.10. The highest BCUT2D eigenvalue weighted by Crippen LogP contribution is 2.09. The van der Waals surface area contributed by atoms with E-state index in [1.54, 1.807) is 17.1 Å². The molecule has 0 aliphatic heterocycles. The fourth-order valence-electron chi connectivity index (χ4n) is 1.11. The molecule has 2 rings (SSSR count). The molecule has 2 aromatic rings. The molecule has 0 aliphatic rings. The molecular formula is C9H12N4O2. The zero-order valence-electron chi connectivity index (χ0n) is 8.67. The summed E-state index contributed by atoms with van der Waals surface area (Å²) in [4.78, 5) is 4.12. The summed E-state index contributed by atoms with van der Waals surface area (Å²) in [6.45, 7) is 2.26. The summed E-state index contributed by atoms with van der Waals surface area (Å²) >= 11 is 0. The number of aryl methyl sites for hydroxylation is 2. The van der Waals surface area contributed by atoms with Gasteiger partial charge in [0, 0.05) is 13.5 Å². The van der Waals surface area contributed by atoms with Crippen molar-refractivity contribution in [3.05, 3.63) is 24.1 Å². The van der Waals surface area contributed by atoms with Crippen LogP contribution < -0.4 is 4.74 Å². The van der Waals surface area contributed by atoms with Crippen LogP contribution in [-0.2, 0) is 20.1 Å². The average Bonchev–Trinajstić information content (AvgIpc) is 2.83. The molecule has 0 saturated heterocycles. The van der Waals surface area contributed by atoms with Gasteiger partial charge in [0.2, 0.25) is 11.7 Å². The minimum atomic E-state index is 0.301. The van der Waals surface area contributed by atoms with E-state index in [2.05, 4.69) is 15.2 Å². The molecule has 0 bridgehead atoms. The second-order valence-electron chi connectivity index (χ2n) is 3.10. The van der Waals surface area contributed by atoms with Gasteiger partial charge in [-0.25, -0.2) is 0 Å². The SMILES string of the molecule is CCc1nc(COc2cnn(C)c2)no1. The lowest BCUT2D eigenvalue weighted by atomic mass is 10.5.